The van der Waals surface area contributed by atoms with Crippen molar-refractivity contribution in [3.8, 4) is 5.69 Å². The topological polar surface area (TPSA) is 86.3 Å². The Morgan fingerprint density at radius 1 is 1.42 bits per heavy atom. The molecule has 7 nitrogen and oxygen atoms in total. The maximum atomic E-state index is 13.1. The summed E-state index contributed by atoms with van der Waals surface area (Å²) < 4.78 is 8.16. The third-order valence-corrected chi connectivity index (χ3v) is 6.16. The Bertz CT molecular complexity index is 871. The predicted octanol–water partition coefficient (Wildman–Crippen LogP) is 1.35. The van der Waals surface area contributed by atoms with Crippen LogP contribution in [0, 0.1) is 5.92 Å². The van der Waals surface area contributed by atoms with Crippen LogP contribution in [0.25, 0.3) is 5.69 Å². The van der Waals surface area contributed by atoms with Crippen LogP contribution in [0.1, 0.15) is 24.6 Å². The molecule has 2 N–H and O–H groups in total. The van der Waals surface area contributed by atoms with Crippen molar-refractivity contribution in [3.63, 3.8) is 0 Å². The first kappa shape index (κ1) is 16.2. The highest BCUT2D eigenvalue weighted by Crippen LogP contribution is 2.58. The van der Waals surface area contributed by atoms with Gasteiger partial charge in [-0.3, -0.25) is 4.79 Å². The van der Waals surface area contributed by atoms with Crippen LogP contribution in [0.3, 0.4) is 0 Å². The Kier molecular flexibility index (Phi) is 3.60. The van der Waals surface area contributed by atoms with Crippen molar-refractivity contribution >= 4 is 17.5 Å². The summed E-state index contributed by atoms with van der Waals surface area (Å²) in [6.45, 7) is 1.66. The molecule has 1 aromatic heterocycles. The van der Waals surface area contributed by atoms with Crippen LogP contribution in [-0.4, -0.2) is 56.9 Å². The summed E-state index contributed by atoms with van der Waals surface area (Å²) in [5, 5.41) is 5.03. The van der Waals surface area contributed by atoms with Gasteiger partial charge < -0.3 is 15.4 Å². The molecule has 1 spiro atoms. The largest absolute Gasteiger partial charge is 0.368 e. The fourth-order valence-electron chi connectivity index (χ4n) is 4.97. The van der Waals surface area contributed by atoms with E-state index >= 15 is 0 Å². The number of carbonyl (C=O) groups is 1. The molecule has 26 heavy (non-hydrogen) atoms. The van der Waals surface area contributed by atoms with Gasteiger partial charge >= 0.3 is 0 Å². The molecular formula is C18H20ClN5O2. The van der Waals surface area contributed by atoms with Crippen molar-refractivity contribution in [2.45, 2.75) is 30.5 Å². The monoisotopic (exact) mass is 373 g/mol. The number of nitrogens with two attached hydrogens (primary N) is 1. The zero-order valence-electron chi connectivity index (χ0n) is 14.2. The first-order valence-corrected chi connectivity index (χ1v) is 9.33. The Hall–Kier alpha value is -1.96. The van der Waals surface area contributed by atoms with E-state index in [2.05, 4.69) is 10.1 Å². The van der Waals surface area contributed by atoms with Crippen LogP contribution < -0.4 is 5.73 Å². The second kappa shape index (κ2) is 5.77. The molecule has 3 aliphatic rings. The number of halogens is 1. The van der Waals surface area contributed by atoms with Gasteiger partial charge in [0.15, 0.2) is 0 Å². The summed E-state index contributed by atoms with van der Waals surface area (Å²) in [5.41, 5.74) is 6.13. The Morgan fingerprint density at radius 3 is 3.12 bits per heavy atom. The lowest BCUT2D eigenvalue weighted by Gasteiger charge is -2.27. The van der Waals surface area contributed by atoms with E-state index in [1.165, 1.54) is 6.33 Å². The van der Waals surface area contributed by atoms with Crippen LogP contribution in [0.4, 0.5) is 0 Å². The number of aromatic nitrogens is 3. The molecular weight excluding hydrogens is 354 g/mol. The molecule has 5 rings (SSSR count). The second-order valence-corrected chi connectivity index (χ2v) is 7.76. The smallest absolute Gasteiger partial charge is 0.229 e. The van der Waals surface area contributed by atoms with Crippen molar-refractivity contribution in [1.29, 1.82) is 0 Å². The van der Waals surface area contributed by atoms with Crippen LogP contribution in [-0.2, 0) is 9.53 Å². The number of benzene rings is 1. The van der Waals surface area contributed by atoms with Gasteiger partial charge in [0.05, 0.1) is 35.8 Å². The maximum Gasteiger partial charge on any atom is 0.229 e. The molecule has 0 unspecified atom stereocenters. The van der Waals surface area contributed by atoms with Gasteiger partial charge in [-0.25, -0.2) is 9.67 Å². The van der Waals surface area contributed by atoms with Crippen molar-refractivity contribution in [2.75, 3.05) is 19.6 Å². The number of hydrogen-bond donors (Lipinski definition) is 1. The normalized spacial score (nSPS) is 32.5. The fourth-order valence-corrected chi connectivity index (χ4v) is 5.15. The lowest BCUT2D eigenvalue weighted by atomic mass is 9.73. The van der Waals surface area contributed by atoms with Crippen molar-refractivity contribution < 1.29 is 9.53 Å². The number of carbonyl (C=O) groups excluding carboxylic acids is 1. The molecule has 2 aromatic rings. The minimum absolute atomic E-state index is 0.00566. The Balaban J connectivity index is 1.56. The van der Waals surface area contributed by atoms with Gasteiger partial charge in [-0.2, -0.15) is 5.10 Å². The molecule has 3 aliphatic heterocycles. The van der Waals surface area contributed by atoms with Crippen LogP contribution in [0.2, 0.25) is 5.02 Å². The molecule has 3 fully saturated rings. The molecule has 0 saturated carbocycles. The predicted molar refractivity (Wildman–Crippen MR) is 95.1 cm³/mol. The molecule has 8 heteroatoms. The highest BCUT2D eigenvalue weighted by Gasteiger charge is 2.68. The molecule has 1 amide bonds. The molecule has 136 valence electrons. The third kappa shape index (κ3) is 2.17. The molecule has 4 atom stereocenters. The molecule has 0 radical (unpaired) electrons. The van der Waals surface area contributed by atoms with Gasteiger partial charge in [0, 0.05) is 18.1 Å². The van der Waals surface area contributed by atoms with Crippen LogP contribution in [0.5, 0.6) is 0 Å². The molecule has 2 bridgehead atoms. The molecule has 4 heterocycles. The molecule has 0 aliphatic carbocycles. The summed E-state index contributed by atoms with van der Waals surface area (Å²) >= 11 is 6.14. The van der Waals surface area contributed by atoms with Crippen molar-refractivity contribution in [3.05, 3.63) is 41.4 Å². The lowest BCUT2D eigenvalue weighted by Crippen LogP contribution is -2.38. The van der Waals surface area contributed by atoms with Crippen LogP contribution in [0.15, 0.2) is 30.6 Å². The van der Waals surface area contributed by atoms with Crippen molar-refractivity contribution in [1.82, 2.24) is 19.7 Å². The number of amides is 1. The van der Waals surface area contributed by atoms with Gasteiger partial charge in [0.1, 0.15) is 12.2 Å². The number of hydrogen-bond acceptors (Lipinski definition) is 5. The first-order valence-electron chi connectivity index (χ1n) is 8.95. The number of likely N-dealkylation sites (tertiary alicyclic amines) is 1. The number of nitrogens with zero attached hydrogens (tertiary/aromatic N) is 4. The van der Waals surface area contributed by atoms with Crippen molar-refractivity contribution in [2.24, 2.45) is 11.7 Å². The maximum absolute atomic E-state index is 13.1. The standard InChI is InChI=1S/C18H20ClN5O2/c19-11-2-1-3-12(8-11)24-16(21-10-22-24)14-13-4-5-18(26-13)9-23(7-6-20)17(25)15(14)18/h1-3,8,10,13-15H,4-7,9,20H2/t13-,14-,15+,18-/m0/s1. The third-order valence-electron chi connectivity index (χ3n) is 5.92. The highest BCUT2D eigenvalue weighted by molar-refractivity contribution is 6.30. The fraction of sp³-hybridized carbons (Fsp3) is 0.500. The summed E-state index contributed by atoms with van der Waals surface area (Å²) in [7, 11) is 0. The second-order valence-electron chi connectivity index (χ2n) is 7.32. The van der Waals surface area contributed by atoms with Gasteiger partial charge in [-0.1, -0.05) is 17.7 Å². The van der Waals surface area contributed by atoms with Crippen LogP contribution >= 0.6 is 11.6 Å². The number of fused-ring (bicyclic) bond motifs is 1. The number of ether oxygens (including phenoxy) is 1. The van der Waals surface area contributed by atoms with E-state index in [0.717, 1.165) is 24.4 Å². The van der Waals surface area contributed by atoms with E-state index in [9.17, 15) is 4.79 Å². The van der Waals surface area contributed by atoms with E-state index in [4.69, 9.17) is 22.1 Å². The van der Waals surface area contributed by atoms with E-state index in [0.29, 0.717) is 24.7 Å². The van der Waals surface area contributed by atoms with Gasteiger partial charge in [-0.15, -0.1) is 0 Å². The van der Waals surface area contributed by atoms with Gasteiger partial charge in [-0.05, 0) is 31.0 Å². The minimum Gasteiger partial charge on any atom is -0.368 e. The van der Waals surface area contributed by atoms with E-state index in [1.54, 1.807) is 4.68 Å². The summed E-state index contributed by atoms with van der Waals surface area (Å²) in [5.74, 6) is 0.588. The quantitative estimate of drug-likeness (QED) is 0.874. The highest BCUT2D eigenvalue weighted by atomic mass is 35.5. The molecule has 1 aromatic carbocycles. The average molecular weight is 374 g/mol. The summed E-state index contributed by atoms with van der Waals surface area (Å²) in [6, 6.07) is 7.49. The van der Waals surface area contributed by atoms with E-state index in [-0.39, 0.29) is 23.8 Å². The van der Waals surface area contributed by atoms with Gasteiger partial charge in [0.25, 0.3) is 0 Å². The van der Waals surface area contributed by atoms with Gasteiger partial charge in [0.2, 0.25) is 5.91 Å². The molecule has 3 saturated heterocycles. The first-order chi connectivity index (χ1) is 12.6. The minimum atomic E-state index is -0.396. The number of rotatable bonds is 4. The van der Waals surface area contributed by atoms with E-state index < -0.39 is 5.60 Å². The summed E-state index contributed by atoms with van der Waals surface area (Å²) in [6.07, 6.45) is 3.39. The lowest BCUT2D eigenvalue weighted by molar-refractivity contribution is -0.131. The summed E-state index contributed by atoms with van der Waals surface area (Å²) in [4.78, 5) is 19.4. The SMILES string of the molecule is NCCN1C[C@]23CC[C@H](O2)[C@H](c2ncnn2-c2cccc(Cl)c2)[C@@H]3C1=O. The average Bonchev–Trinajstić information content (AvgIpc) is 3.37. The zero-order valence-corrected chi connectivity index (χ0v) is 15.0. The Labute approximate surface area is 156 Å². The Morgan fingerprint density at radius 2 is 2.31 bits per heavy atom. The zero-order chi connectivity index (χ0) is 17.9. The van der Waals surface area contributed by atoms with E-state index in [1.807, 2.05) is 29.2 Å².